The van der Waals surface area contributed by atoms with Crippen LogP contribution in [0.5, 0.6) is 5.75 Å². The van der Waals surface area contributed by atoms with Crippen molar-refractivity contribution < 1.29 is 9.53 Å². The van der Waals surface area contributed by atoms with Crippen LogP contribution in [0.2, 0.25) is 0 Å². The predicted octanol–water partition coefficient (Wildman–Crippen LogP) is 3.41. The first-order valence-electron chi connectivity index (χ1n) is 7.24. The van der Waals surface area contributed by atoms with Gasteiger partial charge in [0, 0.05) is 19.0 Å². The molecule has 2 rings (SSSR count). The smallest absolute Gasteiger partial charge is 0.178 e. The standard InChI is InChI=1S/C15H24N2O2S/c1-5-17(8-9(2)3)15-13(19-4)11(16)14(20-15)12(18)10-6-7-10/h9-10H,5-8,16H2,1-4H3. The summed E-state index contributed by atoms with van der Waals surface area (Å²) in [5.41, 5.74) is 6.66. The summed E-state index contributed by atoms with van der Waals surface area (Å²) in [6, 6.07) is 0. The Balaban J connectivity index is 2.36. The van der Waals surface area contributed by atoms with Gasteiger partial charge >= 0.3 is 0 Å². The third kappa shape index (κ3) is 2.92. The molecule has 1 aliphatic carbocycles. The zero-order valence-corrected chi connectivity index (χ0v) is 13.5. The molecule has 1 aromatic heterocycles. The summed E-state index contributed by atoms with van der Waals surface area (Å²) in [6.07, 6.45) is 1.99. The SMILES string of the molecule is CCN(CC(C)C)c1sc(C(=O)C2CC2)c(N)c1OC. The number of hydrogen-bond donors (Lipinski definition) is 1. The van der Waals surface area contributed by atoms with Gasteiger partial charge in [-0.05, 0) is 25.7 Å². The van der Waals surface area contributed by atoms with Crippen LogP contribution in [0, 0.1) is 11.8 Å². The van der Waals surface area contributed by atoms with E-state index >= 15 is 0 Å². The molecule has 0 amide bonds. The van der Waals surface area contributed by atoms with Gasteiger partial charge in [0.1, 0.15) is 5.00 Å². The summed E-state index contributed by atoms with van der Waals surface area (Å²) in [6.45, 7) is 8.29. The maximum atomic E-state index is 12.3. The van der Waals surface area contributed by atoms with E-state index in [1.807, 2.05) is 0 Å². The second kappa shape index (κ2) is 6.04. The lowest BCUT2D eigenvalue weighted by molar-refractivity contribution is 0.0972. The van der Waals surface area contributed by atoms with Crippen LogP contribution in [0.3, 0.4) is 0 Å². The Bertz CT molecular complexity index is 492. The first kappa shape index (κ1) is 15.2. The Morgan fingerprint density at radius 2 is 2.15 bits per heavy atom. The normalized spacial score (nSPS) is 14.7. The maximum Gasteiger partial charge on any atom is 0.178 e. The lowest BCUT2D eigenvalue weighted by atomic mass is 10.2. The molecule has 5 heteroatoms. The van der Waals surface area contributed by atoms with Crippen molar-refractivity contribution in [2.24, 2.45) is 11.8 Å². The van der Waals surface area contributed by atoms with E-state index < -0.39 is 0 Å². The number of hydrogen-bond acceptors (Lipinski definition) is 5. The molecule has 1 heterocycles. The highest BCUT2D eigenvalue weighted by molar-refractivity contribution is 7.19. The molecule has 112 valence electrons. The molecule has 0 aliphatic heterocycles. The van der Waals surface area contributed by atoms with Crippen LogP contribution < -0.4 is 15.4 Å². The van der Waals surface area contributed by atoms with Crippen molar-refractivity contribution in [2.45, 2.75) is 33.6 Å². The van der Waals surface area contributed by atoms with Gasteiger partial charge in [-0.15, -0.1) is 11.3 Å². The molecule has 0 spiro atoms. The first-order chi connectivity index (χ1) is 9.49. The fourth-order valence-corrected chi connectivity index (χ4v) is 3.61. The number of ketones is 1. The fourth-order valence-electron chi connectivity index (χ4n) is 2.33. The number of ether oxygens (including phenoxy) is 1. The van der Waals surface area contributed by atoms with Crippen LogP contribution in [-0.2, 0) is 0 Å². The summed E-state index contributed by atoms with van der Waals surface area (Å²) < 4.78 is 5.46. The van der Waals surface area contributed by atoms with Crippen molar-refractivity contribution in [1.82, 2.24) is 0 Å². The van der Waals surface area contributed by atoms with Crippen molar-refractivity contribution in [3.05, 3.63) is 4.88 Å². The molecule has 0 saturated heterocycles. The van der Waals surface area contributed by atoms with E-state index in [9.17, 15) is 4.79 Å². The van der Waals surface area contributed by atoms with E-state index in [4.69, 9.17) is 10.5 Å². The highest BCUT2D eigenvalue weighted by Crippen LogP contribution is 2.47. The molecule has 0 unspecified atom stereocenters. The highest BCUT2D eigenvalue weighted by atomic mass is 32.1. The second-order valence-corrected chi connectivity index (χ2v) is 6.75. The Morgan fingerprint density at radius 3 is 2.60 bits per heavy atom. The van der Waals surface area contributed by atoms with Gasteiger partial charge in [0.2, 0.25) is 0 Å². The van der Waals surface area contributed by atoms with Crippen molar-refractivity contribution in [3.8, 4) is 5.75 Å². The third-order valence-corrected chi connectivity index (χ3v) is 4.77. The summed E-state index contributed by atoms with van der Waals surface area (Å²) in [4.78, 5) is 15.2. The zero-order valence-electron chi connectivity index (χ0n) is 12.7. The van der Waals surface area contributed by atoms with Crippen molar-refractivity contribution >= 4 is 27.8 Å². The molecular formula is C15H24N2O2S. The van der Waals surface area contributed by atoms with E-state index in [1.165, 1.54) is 11.3 Å². The molecule has 1 saturated carbocycles. The van der Waals surface area contributed by atoms with Gasteiger partial charge in [-0.1, -0.05) is 13.8 Å². The molecule has 1 aromatic rings. The molecule has 0 radical (unpaired) electrons. The Morgan fingerprint density at radius 1 is 1.50 bits per heavy atom. The predicted molar refractivity (Wildman–Crippen MR) is 85.1 cm³/mol. The average Bonchev–Trinajstić information content (AvgIpc) is 3.19. The molecule has 20 heavy (non-hydrogen) atoms. The van der Waals surface area contributed by atoms with Gasteiger partial charge in [0.05, 0.1) is 17.7 Å². The number of carbonyl (C=O) groups excluding carboxylic acids is 1. The average molecular weight is 296 g/mol. The van der Waals surface area contributed by atoms with E-state index in [0.29, 0.717) is 22.2 Å². The molecule has 4 nitrogen and oxygen atoms in total. The first-order valence-corrected chi connectivity index (χ1v) is 8.06. The number of thiophene rings is 1. The minimum Gasteiger partial charge on any atom is -0.492 e. The molecule has 2 N–H and O–H groups in total. The van der Waals surface area contributed by atoms with Crippen LogP contribution in [0.1, 0.15) is 43.3 Å². The van der Waals surface area contributed by atoms with Gasteiger partial charge in [-0.3, -0.25) is 4.79 Å². The lowest BCUT2D eigenvalue weighted by Crippen LogP contribution is -2.26. The molecule has 0 aromatic carbocycles. The van der Waals surface area contributed by atoms with Crippen molar-refractivity contribution in [3.63, 3.8) is 0 Å². The minimum atomic E-state index is 0.189. The van der Waals surface area contributed by atoms with Crippen LogP contribution in [-0.4, -0.2) is 26.0 Å². The molecule has 1 aliphatic rings. The second-order valence-electron chi connectivity index (χ2n) is 5.75. The van der Waals surface area contributed by atoms with Crippen molar-refractivity contribution in [1.29, 1.82) is 0 Å². The highest BCUT2D eigenvalue weighted by Gasteiger charge is 2.35. The summed E-state index contributed by atoms with van der Waals surface area (Å²) >= 11 is 1.49. The van der Waals surface area contributed by atoms with Gasteiger partial charge in [-0.25, -0.2) is 0 Å². The number of nitrogens with zero attached hydrogens (tertiary/aromatic N) is 1. The molecule has 0 bridgehead atoms. The number of rotatable bonds is 7. The Hall–Kier alpha value is -1.23. The third-order valence-electron chi connectivity index (χ3n) is 3.51. The lowest BCUT2D eigenvalue weighted by Gasteiger charge is -2.24. The van der Waals surface area contributed by atoms with E-state index in [1.54, 1.807) is 7.11 Å². The quantitative estimate of drug-likeness (QED) is 0.783. The largest absolute Gasteiger partial charge is 0.492 e. The Kier molecular flexibility index (Phi) is 4.58. The van der Waals surface area contributed by atoms with Gasteiger partial charge in [0.15, 0.2) is 11.5 Å². The summed E-state index contributed by atoms with van der Waals surface area (Å²) in [5, 5.41) is 0.991. The van der Waals surface area contributed by atoms with Gasteiger partial charge in [0.25, 0.3) is 0 Å². The minimum absolute atomic E-state index is 0.189. The summed E-state index contributed by atoms with van der Waals surface area (Å²) in [5.74, 6) is 1.60. The Labute approximate surface area is 124 Å². The topological polar surface area (TPSA) is 55.6 Å². The number of anilines is 2. The number of Topliss-reactive ketones (excluding diaryl/α,β-unsaturated/α-hetero) is 1. The van der Waals surface area contributed by atoms with Gasteiger partial charge < -0.3 is 15.4 Å². The van der Waals surface area contributed by atoms with E-state index in [2.05, 4.69) is 25.7 Å². The number of nitrogen functional groups attached to an aromatic ring is 1. The van der Waals surface area contributed by atoms with Crippen LogP contribution >= 0.6 is 11.3 Å². The number of nitrogens with two attached hydrogens (primary N) is 1. The van der Waals surface area contributed by atoms with Gasteiger partial charge in [-0.2, -0.15) is 0 Å². The van der Waals surface area contributed by atoms with Crippen LogP contribution in [0.15, 0.2) is 0 Å². The summed E-state index contributed by atoms with van der Waals surface area (Å²) in [7, 11) is 1.62. The van der Waals surface area contributed by atoms with Crippen LogP contribution in [0.4, 0.5) is 10.7 Å². The number of methoxy groups -OCH3 is 1. The van der Waals surface area contributed by atoms with Crippen LogP contribution in [0.25, 0.3) is 0 Å². The maximum absolute atomic E-state index is 12.3. The fraction of sp³-hybridized carbons (Fsp3) is 0.667. The monoisotopic (exact) mass is 296 g/mol. The number of carbonyl (C=O) groups is 1. The van der Waals surface area contributed by atoms with E-state index in [0.717, 1.165) is 30.9 Å². The molecule has 1 fully saturated rings. The molecule has 0 atom stereocenters. The molecular weight excluding hydrogens is 272 g/mol. The van der Waals surface area contributed by atoms with Crippen molar-refractivity contribution in [2.75, 3.05) is 30.8 Å². The zero-order chi connectivity index (χ0) is 14.9. The van der Waals surface area contributed by atoms with E-state index in [-0.39, 0.29) is 11.7 Å².